The molecule has 2 amide bonds. The fourth-order valence-corrected chi connectivity index (χ4v) is 4.87. The molecule has 1 aliphatic heterocycles. The van der Waals surface area contributed by atoms with Crippen molar-refractivity contribution in [2.75, 3.05) is 25.2 Å². The summed E-state index contributed by atoms with van der Waals surface area (Å²) in [5.41, 5.74) is 4.37. The summed E-state index contributed by atoms with van der Waals surface area (Å²) in [5, 5.41) is 2.49. The number of fused-ring (bicyclic) bond motifs is 1. The highest BCUT2D eigenvalue weighted by atomic mass is 32.2. The molecule has 2 aromatic carbocycles. The molecular weight excluding hydrogens is 396 g/mol. The first-order valence-corrected chi connectivity index (χ1v) is 11.2. The smallest absolute Gasteiger partial charge is 0.241 e. The number of nitrogens with zero attached hydrogens (tertiary/aromatic N) is 1. The monoisotopic (exact) mass is 426 g/mol. The van der Waals surface area contributed by atoms with E-state index in [4.69, 9.17) is 4.74 Å². The molecule has 0 aliphatic carbocycles. The van der Waals surface area contributed by atoms with Crippen molar-refractivity contribution in [1.29, 1.82) is 0 Å². The fraction of sp³-hybridized carbons (Fsp3) is 0.417. The molecule has 1 heterocycles. The van der Waals surface area contributed by atoms with Crippen LogP contribution in [-0.4, -0.2) is 37.3 Å². The van der Waals surface area contributed by atoms with Gasteiger partial charge in [0.05, 0.1) is 18.2 Å². The molecule has 0 saturated carbocycles. The SMILES string of the molecule is COCCCNC(=O)[C@H](C)[C@H]1Sc2ccccc2N(Cc2cc(C)ccc2C)C1=O. The maximum absolute atomic E-state index is 13.5. The number of ether oxygens (including phenoxy) is 1. The van der Waals surface area contributed by atoms with E-state index < -0.39 is 11.2 Å². The van der Waals surface area contributed by atoms with Crippen molar-refractivity contribution in [3.63, 3.8) is 0 Å². The van der Waals surface area contributed by atoms with Gasteiger partial charge in [-0.15, -0.1) is 11.8 Å². The molecule has 2 aromatic rings. The van der Waals surface area contributed by atoms with Gasteiger partial charge in [-0.25, -0.2) is 0 Å². The lowest BCUT2D eigenvalue weighted by Gasteiger charge is -2.36. The van der Waals surface area contributed by atoms with Crippen LogP contribution in [0.25, 0.3) is 0 Å². The van der Waals surface area contributed by atoms with E-state index in [9.17, 15) is 9.59 Å². The summed E-state index contributed by atoms with van der Waals surface area (Å²) in [6.07, 6.45) is 0.752. The zero-order valence-electron chi connectivity index (χ0n) is 18.1. The van der Waals surface area contributed by atoms with Crippen molar-refractivity contribution >= 4 is 29.3 Å². The Morgan fingerprint density at radius 3 is 2.77 bits per heavy atom. The highest BCUT2D eigenvalue weighted by Crippen LogP contribution is 2.42. The normalized spacial score (nSPS) is 16.9. The van der Waals surface area contributed by atoms with Gasteiger partial charge in [0, 0.05) is 25.2 Å². The molecule has 0 unspecified atom stereocenters. The number of para-hydroxylation sites is 1. The third-order valence-electron chi connectivity index (χ3n) is 5.44. The Hall–Kier alpha value is -2.31. The number of benzene rings is 2. The molecule has 0 radical (unpaired) electrons. The van der Waals surface area contributed by atoms with E-state index in [0.717, 1.165) is 28.1 Å². The molecule has 6 heteroatoms. The van der Waals surface area contributed by atoms with E-state index >= 15 is 0 Å². The number of hydrogen-bond acceptors (Lipinski definition) is 4. The fourth-order valence-electron chi connectivity index (χ4n) is 3.59. The van der Waals surface area contributed by atoms with E-state index in [2.05, 4.69) is 37.4 Å². The summed E-state index contributed by atoms with van der Waals surface area (Å²) in [6, 6.07) is 14.2. The Morgan fingerprint density at radius 2 is 2.00 bits per heavy atom. The quantitative estimate of drug-likeness (QED) is 0.646. The molecule has 0 bridgehead atoms. The lowest BCUT2D eigenvalue weighted by Crippen LogP contribution is -2.47. The van der Waals surface area contributed by atoms with Crippen molar-refractivity contribution in [1.82, 2.24) is 5.32 Å². The molecule has 3 rings (SSSR count). The Balaban J connectivity index is 1.83. The standard InChI is InChI=1S/C24H30N2O3S/c1-16-10-11-17(2)19(14-16)15-26-20-8-5-6-9-21(20)30-22(24(26)28)18(3)23(27)25-12-7-13-29-4/h5-6,8-11,14,18,22H,7,12-13,15H2,1-4H3,(H,25,27)/t18-,22-/m1/s1. The van der Waals surface area contributed by atoms with Crippen LogP contribution in [0.3, 0.4) is 0 Å². The number of thioether (sulfide) groups is 1. The third-order valence-corrected chi connectivity index (χ3v) is 6.91. The summed E-state index contributed by atoms with van der Waals surface area (Å²) < 4.78 is 5.03. The van der Waals surface area contributed by atoms with E-state index in [1.54, 1.807) is 7.11 Å². The number of nitrogens with one attached hydrogen (secondary N) is 1. The highest BCUT2D eigenvalue weighted by Gasteiger charge is 2.39. The Labute approximate surface area is 183 Å². The molecule has 0 spiro atoms. The summed E-state index contributed by atoms with van der Waals surface area (Å²) >= 11 is 1.49. The molecule has 1 aliphatic rings. The van der Waals surface area contributed by atoms with Crippen molar-refractivity contribution in [3.8, 4) is 0 Å². The first kappa shape index (κ1) is 22.4. The molecule has 0 fully saturated rings. The molecule has 1 N–H and O–H groups in total. The summed E-state index contributed by atoms with van der Waals surface area (Å²) in [4.78, 5) is 29.1. The number of carbonyl (C=O) groups is 2. The number of amides is 2. The van der Waals surface area contributed by atoms with Crippen molar-refractivity contribution < 1.29 is 14.3 Å². The summed E-state index contributed by atoms with van der Waals surface area (Å²) in [7, 11) is 1.64. The second kappa shape index (κ2) is 10.1. The minimum absolute atomic E-state index is 0.0147. The lowest BCUT2D eigenvalue weighted by atomic mass is 10.0. The summed E-state index contributed by atoms with van der Waals surface area (Å²) in [5.74, 6) is -0.540. The number of aryl methyl sites for hydroxylation is 2. The second-order valence-electron chi connectivity index (χ2n) is 7.79. The number of carbonyl (C=O) groups excluding carboxylic acids is 2. The van der Waals surface area contributed by atoms with E-state index in [1.165, 1.54) is 17.3 Å². The average Bonchev–Trinajstić information content (AvgIpc) is 2.74. The van der Waals surface area contributed by atoms with E-state index in [-0.39, 0.29) is 11.8 Å². The van der Waals surface area contributed by atoms with Crippen molar-refractivity contribution in [2.24, 2.45) is 5.92 Å². The van der Waals surface area contributed by atoms with Crippen LogP contribution < -0.4 is 10.2 Å². The van der Waals surface area contributed by atoms with Crippen LogP contribution in [0.15, 0.2) is 47.4 Å². The van der Waals surface area contributed by atoms with E-state index in [0.29, 0.717) is 19.7 Å². The van der Waals surface area contributed by atoms with Crippen molar-refractivity contribution in [3.05, 3.63) is 59.2 Å². The Bertz CT molecular complexity index is 915. The van der Waals surface area contributed by atoms with Crippen LogP contribution in [0.1, 0.15) is 30.0 Å². The van der Waals surface area contributed by atoms with Crippen LogP contribution in [-0.2, 0) is 20.9 Å². The third kappa shape index (κ3) is 5.05. The second-order valence-corrected chi connectivity index (χ2v) is 8.97. The Kier molecular flexibility index (Phi) is 7.56. The number of rotatable bonds is 8. The van der Waals surface area contributed by atoms with Gasteiger partial charge in [0.15, 0.2) is 0 Å². The molecule has 5 nitrogen and oxygen atoms in total. The van der Waals surface area contributed by atoms with Gasteiger partial charge in [-0.2, -0.15) is 0 Å². The minimum atomic E-state index is -0.451. The number of methoxy groups -OCH3 is 1. The van der Waals surface area contributed by atoms with Crippen LogP contribution >= 0.6 is 11.8 Å². The van der Waals surface area contributed by atoms with Gasteiger partial charge in [0.25, 0.3) is 0 Å². The molecule has 30 heavy (non-hydrogen) atoms. The van der Waals surface area contributed by atoms with Gasteiger partial charge in [-0.1, -0.05) is 42.8 Å². The van der Waals surface area contributed by atoms with Crippen molar-refractivity contribution in [2.45, 2.75) is 43.9 Å². The highest BCUT2D eigenvalue weighted by molar-refractivity contribution is 8.01. The van der Waals surface area contributed by atoms with Gasteiger partial charge >= 0.3 is 0 Å². The van der Waals surface area contributed by atoms with Gasteiger partial charge in [0.2, 0.25) is 11.8 Å². The van der Waals surface area contributed by atoms with E-state index in [1.807, 2.05) is 36.1 Å². The van der Waals surface area contributed by atoms with Crippen LogP contribution in [0.2, 0.25) is 0 Å². The van der Waals surface area contributed by atoms with Gasteiger partial charge in [0.1, 0.15) is 5.25 Å². The maximum Gasteiger partial charge on any atom is 0.241 e. The predicted octanol–water partition coefficient (Wildman–Crippen LogP) is 4.10. The lowest BCUT2D eigenvalue weighted by molar-refractivity contribution is -0.128. The molecular formula is C24H30N2O3S. The zero-order valence-corrected chi connectivity index (χ0v) is 18.9. The van der Waals surface area contributed by atoms with Crippen LogP contribution in [0.5, 0.6) is 0 Å². The number of anilines is 1. The van der Waals surface area contributed by atoms with Crippen LogP contribution in [0, 0.1) is 19.8 Å². The van der Waals surface area contributed by atoms with Gasteiger partial charge in [-0.3, -0.25) is 9.59 Å². The summed E-state index contributed by atoms with van der Waals surface area (Å²) in [6.45, 7) is 7.61. The predicted molar refractivity (Wildman–Crippen MR) is 122 cm³/mol. The molecule has 2 atom stereocenters. The minimum Gasteiger partial charge on any atom is -0.385 e. The van der Waals surface area contributed by atoms with Gasteiger partial charge in [-0.05, 0) is 43.5 Å². The largest absolute Gasteiger partial charge is 0.385 e. The van der Waals surface area contributed by atoms with Crippen LogP contribution in [0.4, 0.5) is 5.69 Å². The molecule has 0 saturated heterocycles. The number of hydrogen-bond donors (Lipinski definition) is 1. The first-order valence-electron chi connectivity index (χ1n) is 10.3. The first-order chi connectivity index (χ1) is 14.4. The Morgan fingerprint density at radius 1 is 1.23 bits per heavy atom. The maximum atomic E-state index is 13.5. The molecule has 0 aromatic heterocycles. The van der Waals surface area contributed by atoms with Gasteiger partial charge < -0.3 is 15.0 Å². The molecule has 160 valence electrons. The topological polar surface area (TPSA) is 58.6 Å². The average molecular weight is 427 g/mol. The zero-order chi connectivity index (χ0) is 21.7.